The quantitative estimate of drug-likeness (QED) is 0.341. The first kappa shape index (κ1) is 20.5. The third kappa shape index (κ3) is 3.63. The van der Waals surface area contributed by atoms with Crippen molar-refractivity contribution in [3.8, 4) is 0 Å². The van der Waals surface area contributed by atoms with Crippen LogP contribution in [-0.2, 0) is 9.47 Å². The lowest BCUT2D eigenvalue weighted by molar-refractivity contribution is -0.0565. The predicted octanol–water partition coefficient (Wildman–Crippen LogP) is -0.490. The molecule has 1 aliphatic rings. The molecule has 1 fully saturated rings. The van der Waals surface area contributed by atoms with Gasteiger partial charge >= 0.3 is 5.97 Å². The van der Waals surface area contributed by atoms with Crippen LogP contribution >= 0.6 is 0 Å². The van der Waals surface area contributed by atoms with E-state index < -0.39 is 30.5 Å². The van der Waals surface area contributed by atoms with Crippen LogP contribution in [0.1, 0.15) is 37.3 Å². The summed E-state index contributed by atoms with van der Waals surface area (Å²) in [6.07, 6.45) is -1.27. The second kappa shape index (κ2) is 8.18. The molecule has 0 unspecified atom stereocenters. The largest absolute Gasteiger partial charge is 0.459 e. The highest BCUT2D eigenvalue weighted by molar-refractivity contribution is 5.96. The minimum atomic E-state index is -1.36. The molecule has 4 atom stereocenters. The topological polar surface area (TPSA) is 180 Å². The van der Waals surface area contributed by atoms with Crippen molar-refractivity contribution < 1.29 is 34.1 Å². The Balaban J connectivity index is 1.47. The number of rotatable bonds is 6. The maximum absolute atomic E-state index is 12.3. The van der Waals surface area contributed by atoms with Crippen LogP contribution in [0, 0.1) is 0 Å². The lowest BCUT2D eigenvalue weighted by atomic mass is 10.1. The van der Waals surface area contributed by atoms with Crippen LogP contribution in [-0.4, -0.2) is 73.2 Å². The van der Waals surface area contributed by atoms with E-state index in [4.69, 9.17) is 15.2 Å². The summed E-state index contributed by atoms with van der Waals surface area (Å²) in [5, 5.41) is 20.8. The number of aldehydes is 2. The van der Waals surface area contributed by atoms with Gasteiger partial charge in [0.15, 0.2) is 30.3 Å². The summed E-state index contributed by atoms with van der Waals surface area (Å²) in [7, 11) is 0. The number of fused-ring (bicyclic) bond motifs is 1. The fourth-order valence-electron chi connectivity index (χ4n) is 3.31. The average Bonchev–Trinajstić information content (AvgIpc) is 3.33. The van der Waals surface area contributed by atoms with Gasteiger partial charge in [0.2, 0.25) is 0 Å². The Kier molecular flexibility index (Phi) is 5.42. The molecule has 12 nitrogen and oxygen atoms in total. The third-order valence-electron chi connectivity index (χ3n) is 4.95. The van der Waals surface area contributed by atoms with Crippen LogP contribution in [0.5, 0.6) is 0 Å². The van der Waals surface area contributed by atoms with Gasteiger partial charge in [-0.25, -0.2) is 19.7 Å². The van der Waals surface area contributed by atoms with Crippen molar-refractivity contribution in [1.82, 2.24) is 19.5 Å². The number of carbonyl (C=O) groups is 3. The molecule has 0 radical (unpaired) electrons. The molecular formula is C19H17N5O7. The molecule has 0 bridgehead atoms. The highest BCUT2D eigenvalue weighted by Gasteiger charge is 2.45. The van der Waals surface area contributed by atoms with Gasteiger partial charge in [-0.3, -0.25) is 14.2 Å². The van der Waals surface area contributed by atoms with E-state index in [0.29, 0.717) is 23.7 Å². The first-order valence-electron chi connectivity index (χ1n) is 9.10. The van der Waals surface area contributed by atoms with Crippen LogP contribution < -0.4 is 5.73 Å². The Bertz CT molecular complexity index is 1160. The van der Waals surface area contributed by atoms with Gasteiger partial charge in [-0.05, 0) is 12.1 Å². The maximum atomic E-state index is 12.3. The normalized spacial score (nSPS) is 23.0. The summed E-state index contributed by atoms with van der Waals surface area (Å²) in [5.41, 5.74) is 6.61. The zero-order valence-electron chi connectivity index (χ0n) is 15.9. The molecule has 4 N–H and O–H groups in total. The maximum Gasteiger partial charge on any atom is 0.338 e. The van der Waals surface area contributed by atoms with Gasteiger partial charge in [-0.2, -0.15) is 0 Å². The number of esters is 1. The van der Waals surface area contributed by atoms with Crippen LogP contribution in [0.3, 0.4) is 0 Å². The van der Waals surface area contributed by atoms with E-state index in [1.807, 2.05) is 0 Å². The van der Waals surface area contributed by atoms with Gasteiger partial charge in [0.1, 0.15) is 36.8 Å². The highest BCUT2D eigenvalue weighted by Crippen LogP contribution is 2.32. The Labute approximate surface area is 174 Å². The summed E-state index contributed by atoms with van der Waals surface area (Å²) in [4.78, 5) is 46.3. The van der Waals surface area contributed by atoms with Crippen molar-refractivity contribution in [2.45, 2.75) is 24.5 Å². The summed E-state index contributed by atoms with van der Waals surface area (Å²) in [6, 6.07) is 3.89. The van der Waals surface area contributed by atoms with Gasteiger partial charge in [0.05, 0.1) is 11.9 Å². The number of hydrogen-bond donors (Lipinski definition) is 3. The number of benzene rings is 1. The Morgan fingerprint density at radius 2 is 1.94 bits per heavy atom. The SMILES string of the molecule is Nc1ncnc2c1ncn2[C@@H]1O[C@H](COC(=O)c2ccc(C=O)c(C=O)c2)[C@@H](O)[C@H]1O. The monoisotopic (exact) mass is 427 g/mol. The molecular weight excluding hydrogens is 410 g/mol. The molecule has 160 valence electrons. The zero-order chi connectivity index (χ0) is 22.1. The molecule has 1 saturated heterocycles. The molecule has 4 rings (SSSR count). The van der Waals surface area contributed by atoms with Crippen molar-refractivity contribution in [3.05, 3.63) is 47.5 Å². The van der Waals surface area contributed by atoms with Crippen LogP contribution in [0.4, 0.5) is 5.82 Å². The minimum Gasteiger partial charge on any atom is -0.459 e. The van der Waals surface area contributed by atoms with Gasteiger partial charge < -0.3 is 25.4 Å². The fourth-order valence-corrected chi connectivity index (χ4v) is 3.31. The predicted molar refractivity (Wildman–Crippen MR) is 103 cm³/mol. The van der Waals surface area contributed by atoms with Gasteiger partial charge in [-0.15, -0.1) is 0 Å². The van der Waals surface area contributed by atoms with Gasteiger partial charge in [0, 0.05) is 11.1 Å². The standard InChI is InChI=1S/C19H17N5O7/c20-16-13-17(22-7-21-16)24(8-23-13)18-15(28)14(27)12(31-18)6-30-19(29)9-1-2-10(4-25)11(3-9)5-26/h1-5,7-8,12,14-15,18,27-28H,6H2,(H2,20,21,22)/t12-,14-,15-,18-/m1/s1. The average molecular weight is 427 g/mol. The molecule has 0 amide bonds. The van der Waals surface area contributed by atoms with E-state index in [1.54, 1.807) is 0 Å². The molecule has 0 spiro atoms. The lowest BCUT2D eigenvalue weighted by Crippen LogP contribution is -2.34. The van der Waals surface area contributed by atoms with E-state index in [1.165, 1.54) is 35.4 Å². The van der Waals surface area contributed by atoms with Gasteiger partial charge in [-0.1, -0.05) is 6.07 Å². The molecule has 3 heterocycles. The van der Waals surface area contributed by atoms with Crippen LogP contribution in [0.2, 0.25) is 0 Å². The number of nitrogens with two attached hydrogens (primary N) is 1. The smallest absolute Gasteiger partial charge is 0.338 e. The van der Waals surface area contributed by atoms with E-state index in [-0.39, 0.29) is 29.1 Å². The van der Waals surface area contributed by atoms with Crippen molar-refractivity contribution >= 4 is 35.5 Å². The summed E-state index contributed by atoms with van der Waals surface area (Å²) in [6.45, 7) is -0.372. The Morgan fingerprint density at radius 1 is 1.16 bits per heavy atom. The van der Waals surface area contributed by atoms with Gasteiger partial charge in [0.25, 0.3) is 0 Å². The first-order valence-corrected chi connectivity index (χ1v) is 9.10. The number of anilines is 1. The summed E-state index contributed by atoms with van der Waals surface area (Å²) < 4.78 is 12.3. The van der Waals surface area contributed by atoms with E-state index >= 15 is 0 Å². The molecule has 0 saturated carbocycles. The second-order valence-electron chi connectivity index (χ2n) is 6.81. The van der Waals surface area contributed by atoms with E-state index in [0.717, 1.165) is 0 Å². The van der Waals surface area contributed by atoms with Crippen LogP contribution in [0.25, 0.3) is 11.2 Å². The Morgan fingerprint density at radius 3 is 2.68 bits per heavy atom. The van der Waals surface area contributed by atoms with Crippen molar-refractivity contribution in [2.75, 3.05) is 12.3 Å². The number of imidazole rings is 1. The minimum absolute atomic E-state index is 0.0464. The van der Waals surface area contributed by atoms with Crippen molar-refractivity contribution in [1.29, 1.82) is 0 Å². The lowest BCUT2D eigenvalue weighted by Gasteiger charge is -2.16. The summed E-state index contributed by atoms with van der Waals surface area (Å²) >= 11 is 0. The number of nitrogens with zero attached hydrogens (tertiary/aromatic N) is 4. The molecule has 1 aromatic carbocycles. The fraction of sp³-hybridized carbons (Fsp3) is 0.263. The van der Waals surface area contributed by atoms with Crippen LogP contribution in [0.15, 0.2) is 30.9 Å². The number of ether oxygens (including phenoxy) is 2. The molecule has 1 aliphatic heterocycles. The molecule has 12 heteroatoms. The summed E-state index contributed by atoms with van der Waals surface area (Å²) in [5.74, 6) is -0.638. The molecule has 0 aliphatic carbocycles. The van der Waals surface area contributed by atoms with E-state index in [9.17, 15) is 24.6 Å². The number of nitrogen functional groups attached to an aromatic ring is 1. The molecule has 2 aromatic heterocycles. The first-order chi connectivity index (χ1) is 14.9. The van der Waals surface area contributed by atoms with E-state index in [2.05, 4.69) is 15.0 Å². The third-order valence-corrected chi connectivity index (χ3v) is 4.95. The number of hydrogen-bond acceptors (Lipinski definition) is 11. The number of carbonyl (C=O) groups excluding carboxylic acids is 3. The zero-order valence-corrected chi connectivity index (χ0v) is 15.9. The number of aliphatic hydroxyl groups is 2. The van der Waals surface area contributed by atoms with Crippen molar-refractivity contribution in [3.63, 3.8) is 0 Å². The number of aromatic nitrogens is 4. The van der Waals surface area contributed by atoms with Crippen molar-refractivity contribution in [2.24, 2.45) is 0 Å². The molecule has 3 aromatic rings. The highest BCUT2D eigenvalue weighted by atomic mass is 16.6. The number of aliphatic hydroxyl groups excluding tert-OH is 2. The molecule has 31 heavy (non-hydrogen) atoms. The second-order valence-corrected chi connectivity index (χ2v) is 6.81. The Hall–Kier alpha value is -3.74.